The van der Waals surface area contributed by atoms with Crippen LogP contribution in [0.25, 0.3) is 0 Å². The van der Waals surface area contributed by atoms with Gasteiger partial charge in [0, 0.05) is 0 Å². The van der Waals surface area contributed by atoms with Gasteiger partial charge >= 0.3 is 0 Å². The van der Waals surface area contributed by atoms with E-state index in [4.69, 9.17) is 11.6 Å². The van der Waals surface area contributed by atoms with E-state index in [9.17, 15) is 0 Å². The van der Waals surface area contributed by atoms with Crippen LogP contribution in [-0.4, -0.2) is 19.5 Å². The maximum Gasteiger partial charge on any atom is 0.0891 e. The highest BCUT2D eigenvalue weighted by Gasteiger charge is 1.71. The highest BCUT2D eigenvalue weighted by atomic mass is 35.5. The molecule has 0 fully saturated rings. The molecule has 0 aliphatic carbocycles. The molecule has 1 nitrogen and oxygen atoms in total. The topological polar surface area (TPSA) is 16.6 Å². The summed E-state index contributed by atoms with van der Waals surface area (Å²) in [6, 6.07) is 0. The fourth-order valence-corrected chi connectivity index (χ4v) is 0.327. The molecule has 0 spiro atoms. The molecule has 6 heavy (non-hydrogen) atoms. The SMILES string of the molecule is C[NH2+]CCCl.[Cl-]. The summed E-state index contributed by atoms with van der Waals surface area (Å²) in [7, 11) is 2.00. The monoisotopic (exact) mass is 129 g/mol. The van der Waals surface area contributed by atoms with Gasteiger partial charge in [-0.15, -0.1) is 11.6 Å². The molecule has 0 amide bonds. The van der Waals surface area contributed by atoms with Crippen molar-refractivity contribution >= 4 is 11.6 Å². The summed E-state index contributed by atoms with van der Waals surface area (Å²) in [5.41, 5.74) is 0. The summed E-state index contributed by atoms with van der Waals surface area (Å²) in [6.45, 7) is 1.03. The van der Waals surface area contributed by atoms with Gasteiger partial charge in [-0.1, -0.05) is 0 Å². The Morgan fingerprint density at radius 2 is 2.17 bits per heavy atom. The van der Waals surface area contributed by atoms with Gasteiger partial charge in [0.15, 0.2) is 0 Å². The average molecular weight is 130 g/mol. The van der Waals surface area contributed by atoms with Gasteiger partial charge in [0.25, 0.3) is 0 Å². The molecule has 0 unspecified atom stereocenters. The number of alkyl halides is 1. The third-order valence-corrected chi connectivity index (χ3v) is 0.616. The molecule has 0 aromatic heterocycles. The van der Waals surface area contributed by atoms with Crippen molar-refractivity contribution in [1.82, 2.24) is 0 Å². The average Bonchev–Trinajstić information content (AvgIpc) is 1.41. The van der Waals surface area contributed by atoms with Crippen LogP contribution in [0.3, 0.4) is 0 Å². The summed E-state index contributed by atoms with van der Waals surface area (Å²) in [4.78, 5) is 0. The van der Waals surface area contributed by atoms with E-state index in [0.29, 0.717) is 0 Å². The lowest BCUT2D eigenvalue weighted by Crippen LogP contribution is -3.00. The zero-order chi connectivity index (χ0) is 4.12. The maximum absolute atomic E-state index is 5.27. The molecule has 40 valence electrons. The second kappa shape index (κ2) is 9.11. The quantitative estimate of drug-likeness (QED) is 0.372. The molecule has 2 N–H and O–H groups in total. The Hall–Kier alpha value is 0.540. The minimum atomic E-state index is 0. The number of hydrogen-bond donors (Lipinski definition) is 1. The summed E-state index contributed by atoms with van der Waals surface area (Å²) < 4.78 is 0. The molecule has 0 aliphatic rings. The van der Waals surface area contributed by atoms with E-state index in [1.54, 1.807) is 0 Å². The Labute approximate surface area is 49.5 Å². The van der Waals surface area contributed by atoms with Crippen LogP contribution in [0.1, 0.15) is 0 Å². The minimum Gasteiger partial charge on any atom is -1.00 e. The summed E-state index contributed by atoms with van der Waals surface area (Å²) >= 11 is 5.27. The highest BCUT2D eigenvalue weighted by Crippen LogP contribution is 1.59. The van der Waals surface area contributed by atoms with Crippen LogP contribution in [0.5, 0.6) is 0 Å². The highest BCUT2D eigenvalue weighted by molar-refractivity contribution is 6.17. The van der Waals surface area contributed by atoms with Gasteiger partial charge in [0.1, 0.15) is 0 Å². The Kier molecular flexibility index (Phi) is 14.8. The normalized spacial score (nSPS) is 7.00. The van der Waals surface area contributed by atoms with Crippen molar-refractivity contribution in [1.29, 1.82) is 0 Å². The van der Waals surface area contributed by atoms with Crippen molar-refractivity contribution in [2.45, 2.75) is 0 Å². The lowest BCUT2D eigenvalue weighted by molar-refractivity contribution is -0.622. The fourth-order valence-electron chi connectivity index (χ4n) is 0.109. The molecule has 0 aliphatic heterocycles. The Morgan fingerprint density at radius 3 is 2.17 bits per heavy atom. The Morgan fingerprint density at radius 1 is 1.67 bits per heavy atom. The fraction of sp³-hybridized carbons (Fsp3) is 1.00. The van der Waals surface area contributed by atoms with Crippen LogP contribution in [0.4, 0.5) is 0 Å². The first-order chi connectivity index (χ1) is 2.41. The number of hydrogen-bond acceptors (Lipinski definition) is 0. The van der Waals surface area contributed by atoms with E-state index in [2.05, 4.69) is 0 Å². The molecule has 0 aromatic carbocycles. The van der Waals surface area contributed by atoms with E-state index in [1.165, 1.54) is 0 Å². The first-order valence-corrected chi connectivity index (χ1v) is 2.29. The van der Waals surface area contributed by atoms with E-state index in [-0.39, 0.29) is 12.4 Å². The third-order valence-electron chi connectivity index (χ3n) is 0.398. The lowest BCUT2D eigenvalue weighted by atomic mass is 10.8. The molecule has 0 saturated heterocycles. The second-order valence-electron chi connectivity index (χ2n) is 0.886. The molecular weight excluding hydrogens is 121 g/mol. The first kappa shape index (κ1) is 9.74. The maximum atomic E-state index is 5.27. The summed E-state index contributed by atoms with van der Waals surface area (Å²) in [5.74, 6) is 0.760. The predicted molar refractivity (Wildman–Crippen MR) is 23.4 cm³/mol. The molecule has 3 heteroatoms. The third kappa shape index (κ3) is 8.82. The van der Waals surface area contributed by atoms with E-state index < -0.39 is 0 Å². The zero-order valence-electron chi connectivity index (χ0n) is 3.75. The van der Waals surface area contributed by atoms with Gasteiger partial charge in [-0.2, -0.15) is 0 Å². The number of halogens is 2. The van der Waals surface area contributed by atoms with Crippen LogP contribution in [0.15, 0.2) is 0 Å². The van der Waals surface area contributed by atoms with Crippen LogP contribution < -0.4 is 17.7 Å². The summed E-state index contributed by atoms with van der Waals surface area (Å²) in [6.07, 6.45) is 0. The standard InChI is InChI=1S/C3H8ClN.ClH/c1-5-3-2-4;/h5H,2-3H2,1H3;1H. The van der Waals surface area contributed by atoms with E-state index >= 15 is 0 Å². The largest absolute Gasteiger partial charge is 1.00 e. The Bertz CT molecular complexity index is 16.3. The smallest absolute Gasteiger partial charge is 0.0891 e. The molecule has 0 aromatic rings. The number of quaternary nitrogens is 1. The van der Waals surface area contributed by atoms with Crippen LogP contribution in [0, 0.1) is 0 Å². The van der Waals surface area contributed by atoms with Gasteiger partial charge in [-0.05, 0) is 0 Å². The summed E-state index contributed by atoms with van der Waals surface area (Å²) in [5, 5.41) is 2.05. The second-order valence-corrected chi connectivity index (χ2v) is 1.26. The molecule has 0 atom stereocenters. The van der Waals surface area contributed by atoms with Gasteiger partial charge in [-0.25, -0.2) is 0 Å². The predicted octanol–water partition coefficient (Wildman–Crippen LogP) is -3.58. The van der Waals surface area contributed by atoms with E-state index in [1.807, 2.05) is 12.4 Å². The Balaban J connectivity index is 0. The van der Waals surface area contributed by atoms with E-state index in [0.717, 1.165) is 12.4 Å². The van der Waals surface area contributed by atoms with Crippen LogP contribution in [-0.2, 0) is 0 Å². The minimum absolute atomic E-state index is 0. The molecule has 0 heterocycles. The number of nitrogens with two attached hydrogens (primary N) is 1. The first-order valence-electron chi connectivity index (χ1n) is 1.75. The zero-order valence-corrected chi connectivity index (χ0v) is 5.26. The van der Waals surface area contributed by atoms with Crippen molar-refractivity contribution in [3.05, 3.63) is 0 Å². The molecule has 0 bridgehead atoms. The van der Waals surface area contributed by atoms with Crippen molar-refractivity contribution < 1.29 is 17.7 Å². The van der Waals surface area contributed by atoms with Crippen molar-refractivity contribution in [2.75, 3.05) is 19.5 Å². The number of rotatable bonds is 2. The van der Waals surface area contributed by atoms with Gasteiger partial charge in [0.2, 0.25) is 0 Å². The van der Waals surface area contributed by atoms with Crippen LogP contribution >= 0.6 is 11.6 Å². The van der Waals surface area contributed by atoms with Gasteiger partial charge in [0.05, 0.1) is 19.5 Å². The molecule has 0 saturated carbocycles. The molecule has 0 radical (unpaired) electrons. The van der Waals surface area contributed by atoms with Crippen molar-refractivity contribution in [3.8, 4) is 0 Å². The molecular formula is C3H9Cl2N. The molecule has 0 rings (SSSR count). The van der Waals surface area contributed by atoms with Crippen molar-refractivity contribution in [3.63, 3.8) is 0 Å². The van der Waals surface area contributed by atoms with Crippen LogP contribution in [0.2, 0.25) is 0 Å². The lowest BCUT2D eigenvalue weighted by Gasteiger charge is -1.80. The van der Waals surface area contributed by atoms with Gasteiger partial charge < -0.3 is 17.7 Å². The van der Waals surface area contributed by atoms with Gasteiger partial charge in [-0.3, -0.25) is 0 Å². The van der Waals surface area contributed by atoms with Crippen molar-refractivity contribution in [2.24, 2.45) is 0 Å².